The van der Waals surface area contributed by atoms with Crippen molar-refractivity contribution in [2.75, 3.05) is 13.1 Å². The van der Waals surface area contributed by atoms with Crippen LogP contribution >= 0.6 is 0 Å². The van der Waals surface area contributed by atoms with Crippen LogP contribution in [0.2, 0.25) is 0 Å². The van der Waals surface area contributed by atoms with E-state index in [1.54, 1.807) is 0 Å². The first-order valence-electron chi connectivity index (χ1n) is 6.94. The van der Waals surface area contributed by atoms with Crippen LogP contribution in [0.1, 0.15) is 47.9 Å². The Morgan fingerprint density at radius 2 is 2.00 bits per heavy atom. The number of nitrogens with one attached hydrogen (secondary N) is 1. The van der Waals surface area contributed by atoms with Crippen LogP contribution in [0.5, 0.6) is 0 Å². The Balaban J connectivity index is 2.17. The van der Waals surface area contributed by atoms with Gasteiger partial charge in [-0.1, -0.05) is 19.9 Å². The SMILES string of the molecule is CC(C)c1cc2c(c(C(F)(F)F)c1)CO[C@H]1CNC[C@@H]21. The van der Waals surface area contributed by atoms with E-state index in [1.807, 2.05) is 19.9 Å². The molecule has 20 heavy (non-hydrogen) atoms. The van der Waals surface area contributed by atoms with Crippen molar-refractivity contribution in [3.05, 3.63) is 34.4 Å². The van der Waals surface area contributed by atoms with E-state index in [1.165, 1.54) is 6.07 Å². The highest BCUT2D eigenvalue weighted by Gasteiger charge is 2.41. The molecule has 1 saturated heterocycles. The van der Waals surface area contributed by atoms with Crippen LogP contribution in [0, 0.1) is 0 Å². The zero-order chi connectivity index (χ0) is 14.5. The van der Waals surface area contributed by atoms with Crippen LogP contribution in [0.25, 0.3) is 0 Å². The lowest BCUT2D eigenvalue weighted by molar-refractivity contribution is -0.139. The molecule has 0 saturated carbocycles. The van der Waals surface area contributed by atoms with Gasteiger partial charge < -0.3 is 10.1 Å². The van der Waals surface area contributed by atoms with E-state index in [2.05, 4.69) is 5.32 Å². The minimum Gasteiger partial charge on any atom is -0.372 e. The minimum absolute atomic E-state index is 0.00555. The Hall–Kier alpha value is -1.07. The molecule has 0 bridgehead atoms. The van der Waals surface area contributed by atoms with Crippen molar-refractivity contribution in [3.63, 3.8) is 0 Å². The zero-order valence-electron chi connectivity index (χ0n) is 11.6. The van der Waals surface area contributed by atoms with Crippen LogP contribution in [-0.2, 0) is 17.5 Å². The first kappa shape index (κ1) is 13.9. The molecule has 110 valence electrons. The summed E-state index contributed by atoms with van der Waals surface area (Å²) in [6.07, 6.45) is -4.32. The molecule has 1 aromatic rings. The van der Waals surface area contributed by atoms with E-state index < -0.39 is 11.7 Å². The third-order valence-corrected chi connectivity index (χ3v) is 4.28. The van der Waals surface area contributed by atoms with Gasteiger partial charge in [0.05, 0.1) is 18.3 Å². The Bertz CT molecular complexity index is 525. The molecule has 2 atom stereocenters. The molecule has 0 amide bonds. The van der Waals surface area contributed by atoms with Gasteiger partial charge in [0.1, 0.15) is 0 Å². The molecule has 3 rings (SSSR count). The summed E-state index contributed by atoms with van der Waals surface area (Å²) in [5.41, 5.74) is 1.38. The van der Waals surface area contributed by atoms with Crippen LogP contribution in [0.4, 0.5) is 13.2 Å². The Morgan fingerprint density at radius 3 is 2.65 bits per heavy atom. The smallest absolute Gasteiger partial charge is 0.372 e. The molecule has 0 unspecified atom stereocenters. The number of hydrogen-bond acceptors (Lipinski definition) is 2. The maximum absolute atomic E-state index is 13.3. The fraction of sp³-hybridized carbons (Fsp3) is 0.600. The van der Waals surface area contributed by atoms with Crippen molar-refractivity contribution in [3.8, 4) is 0 Å². The highest BCUT2D eigenvalue weighted by Crippen LogP contribution is 2.42. The topological polar surface area (TPSA) is 21.3 Å². The molecule has 2 nitrogen and oxygen atoms in total. The summed E-state index contributed by atoms with van der Waals surface area (Å²) in [7, 11) is 0. The molecule has 1 aromatic carbocycles. The lowest BCUT2D eigenvalue weighted by atomic mass is 9.83. The van der Waals surface area contributed by atoms with Crippen LogP contribution < -0.4 is 5.32 Å². The molecule has 1 N–H and O–H groups in total. The quantitative estimate of drug-likeness (QED) is 0.853. The second-order valence-electron chi connectivity index (χ2n) is 5.90. The van der Waals surface area contributed by atoms with Gasteiger partial charge in [0, 0.05) is 19.0 Å². The van der Waals surface area contributed by atoms with Gasteiger partial charge in [-0.25, -0.2) is 0 Å². The lowest BCUT2D eigenvalue weighted by Crippen LogP contribution is -2.29. The molecule has 1 fully saturated rings. The van der Waals surface area contributed by atoms with E-state index in [-0.39, 0.29) is 24.5 Å². The summed E-state index contributed by atoms with van der Waals surface area (Å²) < 4.78 is 45.5. The predicted octanol–water partition coefficient (Wildman–Crippen LogP) is 3.41. The minimum atomic E-state index is -4.32. The molecule has 2 heterocycles. The molecule has 0 aliphatic carbocycles. The highest BCUT2D eigenvalue weighted by molar-refractivity contribution is 5.45. The van der Waals surface area contributed by atoms with Gasteiger partial charge >= 0.3 is 6.18 Å². The number of rotatable bonds is 1. The second kappa shape index (κ2) is 4.74. The van der Waals surface area contributed by atoms with E-state index >= 15 is 0 Å². The fourth-order valence-electron chi connectivity index (χ4n) is 3.13. The van der Waals surface area contributed by atoms with Gasteiger partial charge in [-0.3, -0.25) is 0 Å². The van der Waals surface area contributed by atoms with Crippen molar-refractivity contribution in [1.82, 2.24) is 5.32 Å². The number of alkyl halides is 3. The summed E-state index contributed by atoms with van der Waals surface area (Å²) in [6, 6.07) is 3.23. The van der Waals surface area contributed by atoms with E-state index in [4.69, 9.17) is 4.74 Å². The average Bonchev–Trinajstić information content (AvgIpc) is 2.84. The Kier molecular flexibility index (Phi) is 3.29. The molecule has 0 aromatic heterocycles. The predicted molar refractivity (Wildman–Crippen MR) is 69.7 cm³/mol. The average molecular weight is 285 g/mol. The van der Waals surface area contributed by atoms with Crippen LogP contribution in [-0.4, -0.2) is 19.2 Å². The number of benzene rings is 1. The second-order valence-corrected chi connectivity index (χ2v) is 5.90. The third-order valence-electron chi connectivity index (χ3n) is 4.28. The van der Waals surface area contributed by atoms with Crippen LogP contribution in [0.3, 0.4) is 0 Å². The van der Waals surface area contributed by atoms with Gasteiger partial charge in [-0.15, -0.1) is 0 Å². The van der Waals surface area contributed by atoms with Gasteiger partial charge in [0.15, 0.2) is 0 Å². The van der Waals surface area contributed by atoms with Crippen molar-refractivity contribution >= 4 is 0 Å². The number of ether oxygens (including phenoxy) is 1. The molecular formula is C15H18F3NO. The van der Waals surface area contributed by atoms with Crippen molar-refractivity contribution < 1.29 is 17.9 Å². The first-order valence-corrected chi connectivity index (χ1v) is 6.94. The molecule has 0 spiro atoms. The van der Waals surface area contributed by atoms with Crippen molar-refractivity contribution in [2.45, 2.75) is 44.6 Å². The van der Waals surface area contributed by atoms with E-state index in [9.17, 15) is 13.2 Å². The van der Waals surface area contributed by atoms with Gasteiger partial charge in [0.25, 0.3) is 0 Å². The third kappa shape index (κ3) is 2.23. The summed E-state index contributed by atoms with van der Waals surface area (Å²) in [5, 5.41) is 3.21. The number of fused-ring (bicyclic) bond motifs is 3. The Labute approximate surface area is 116 Å². The summed E-state index contributed by atoms with van der Waals surface area (Å²) in [4.78, 5) is 0. The van der Waals surface area contributed by atoms with Crippen molar-refractivity contribution in [1.29, 1.82) is 0 Å². The summed E-state index contributed by atoms with van der Waals surface area (Å²) in [6.45, 7) is 5.32. The first-order chi connectivity index (χ1) is 9.38. The highest BCUT2D eigenvalue weighted by atomic mass is 19.4. The molecular weight excluding hydrogens is 267 g/mol. The van der Waals surface area contributed by atoms with Crippen LogP contribution in [0.15, 0.2) is 12.1 Å². The summed E-state index contributed by atoms with van der Waals surface area (Å²) in [5.74, 6) is 0.121. The van der Waals surface area contributed by atoms with E-state index in [0.717, 1.165) is 17.7 Å². The zero-order valence-corrected chi connectivity index (χ0v) is 11.6. The standard InChI is InChI=1S/C15H18F3NO/c1-8(2)9-3-10-11-5-19-6-14(11)20-7-12(10)13(4-9)15(16,17)18/h3-4,8,11,14,19H,5-7H2,1-2H3/t11-,14-/m0/s1. The van der Waals surface area contributed by atoms with Gasteiger partial charge in [-0.2, -0.15) is 13.2 Å². The van der Waals surface area contributed by atoms with E-state index in [0.29, 0.717) is 12.1 Å². The van der Waals surface area contributed by atoms with Crippen molar-refractivity contribution in [2.24, 2.45) is 0 Å². The largest absolute Gasteiger partial charge is 0.416 e. The summed E-state index contributed by atoms with van der Waals surface area (Å²) >= 11 is 0. The number of hydrogen-bond donors (Lipinski definition) is 1. The number of halogens is 3. The molecule has 2 aliphatic rings. The molecule has 0 radical (unpaired) electrons. The monoisotopic (exact) mass is 285 g/mol. The normalized spacial score (nSPS) is 25.7. The fourth-order valence-corrected chi connectivity index (χ4v) is 3.13. The molecule has 2 aliphatic heterocycles. The lowest BCUT2D eigenvalue weighted by Gasteiger charge is -2.31. The molecule has 5 heteroatoms. The maximum atomic E-state index is 13.3. The van der Waals surface area contributed by atoms with Gasteiger partial charge in [0.2, 0.25) is 0 Å². The Morgan fingerprint density at radius 1 is 1.25 bits per heavy atom. The maximum Gasteiger partial charge on any atom is 0.416 e. The van der Waals surface area contributed by atoms with Gasteiger partial charge in [-0.05, 0) is 28.7 Å².